The van der Waals surface area contributed by atoms with E-state index < -0.39 is 24.8 Å². The van der Waals surface area contributed by atoms with E-state index in [0.29, 0.717) is 0 Å². The highest BCUT2D eigenvalue weighted by Crippen LogP contribution is 2.21. The van der Waals surface area contributed by atoms with E-state index in [1.807, 2.05) is 0 Å². The maximum Gasteiger partial charge on any atom is 0.416 e. The number of anilines is 1. The molecule has 0 aromatic carbocycles. The van der Waals surface area contributed by atoms with E-state index in [1.54, 1.807) is 0 Å². The van der Waals surface area contributed by atoms with E-state index in [2.05, 4.69) is 15.0 Å². The first-order valence-electron chi connectivity index (χ1n) is 4.88. The zero-order valence-electron chi connectivity index (χ0n) is 9.36. The summed E-state index contributed by atoms with van der Waals surface area (Å²) in [6, 6.07) is 2.79. The smallest absolute Gasteiger partial charge is 0.416 e. The Morgan fingerprint density at radius 3 is 2.83 bits per heavy atom. The molecule has 0 saturated carbocycles. The average Bonchev–Trinajstić information content (AvgIpc) is 2.34. The summed E-state index contributed by atoms with van der Waals surface area (Å²) >= 11 is 0. The molecule has 0 spiro atoms. The molecule has 1 heterocycles. The van der Waals surface area contributed by atoms with Gasteiger partial charge in [0.25, 0.3) is 0 Å². The van der Waals surface area contributed by atoms with Gasteiger partial charge in [0.1, 0.15) is 11.4 Å². The lowest BCUT2D eigenvalue weighted by atomic mass is 10.2. The second-order valence-corrected chi connectivity index (χ2v) is 3.33. The molecular formula is C10H11F3N2O3. The number of alkyl halides is 3. The molecule has 0 bridgehead atoms. The third kappa shape index (κ3) is 3.59. The molecule has 1 aromatic rings. The Hall–Kier alpha value is -1.83. The number of carbonyl (C=O) groups excluding carboxylic acids is 1. The van der Waals surface area contributed by atoms with Gasteiger partial charge in [-0.1, -0.05) is 0 Å². The molecule has 1 rings (SSSR count). The number of esters is 1. The quantitative estimate of drug-likeness (QED) is 0.800. The third-order valence-corrected chi connectivity index (χ3v) is 2.05. The Labute approximate surface area is 101 Å². The Balaban J connectivity index is 2.76. The van der Waals surface area contributed by atoms with Crippen LogP contribution in [0.4, 0.5) is 19.0 Å². The van der Waals surface area contributed by atoms with Crippen LogP contribution >= 0.6 is 0 Å². The van der Waals surface area contributed by atoms with Crippen molar-refractivity contribution < 1.29 is 27.8 Å². The van der Waals surface area contributed by atoms with Gasteiger partial charge in [-0.25, -0.2) is 9.78 Å². The summed E-state index contributed by atoms with van der Waals surface area (Å²) in [5, 5.41) is 11.1. The molecule has 5 nitrogen and oxygen atoms in total. The summed E-state index contributed by atoms with van der Waals surface area (Å²) in [7, 11) is 1.14. The van der Waals surface area contributed by atoms with E-state index in [0.717, 1.165) is 7.11 Å². The molecular weight excluding hydrogens is 253 g/mol. The van der Waals surface area contributed by atoms with Gasteiger partial charge in [-0.05, 0) is 12.1 Å². The average molecular weight is 264 g/mol. The number of carbonyl (C=O) groups is 1. The molecule has 0 fully saturated rings. The number of rotatable bonds is 4. The van der Waals surface area contributed by atoms with Crippen LogP contribution in [0.25, 0.3) is 0 Å². The number of nitrogens with one attached hydrogen (secondary N) is 1. The number of ether oxygens (including phenoxy) is 1. The van der Waals surface area contributed by atoms with Crippen molar-refractivity contribution in [1.82, 2.24) is 4.98 Å². The van der Waals surface area contributed by atoms with E-state index in [1.165, 1.54) is 18.3 Å². The zero-order valence-corrected chi connectivity index (χ0v) is 9.36. The summed E-state index contributed by atoms with van der Waals surface area (Å²) in [6.45, 7) is -0.801. The molecule has 0 aliphatic carbocycles. The molecule has 0 amide bonds. The summed E-state index contributed by atoms with van der Waals surface area (Å²) in [6.07, 6.45) is -5.97. The molecule has 2 N–H and O–H groups in total. The molecule has 0 aliphatic heterocycles. The first kappa shape index (κ1) is 14.2. The minimum absolute atomic E-state index is 0.00521. The highest BCUT2D eigenvalue weighted by Gasteiger charge is 2.38. The number of hydrogen-bond donors (Lipinski definition) is 2. The first-order chi connectivity index (χ1) is 8.36. The Bertz CT molecular complexity index is 423. The van der Waals surface area contributed by atoms with Gasteiger partial charge in [0.15, 0.2) is 6.10 Å². The lowest BCUT2D eigenvalue weighted by Gasteiger charge is -2.16. The van der Waals surface area contributed by atoms with E-state index >= 15 is 0 Å². The van der Waals surface area contributed by atoms with Crippen LogP contribution < -0.4 is 5.32 Å². The van der Waals surface area contributed by atoms with E-state index in [-0.39, 0.29) is 11.4 Å². The van der Waals surface area contributed by atoms with Crippen molar-refractivity contribution >= 4 is 11.8 Å². The second-order valence-electron chi connectivity index (χ2n) is 3.33. The molecule has 0 radical (unpaired) electrons. The maximum atomic E-state index is 12.1. The number of pyridine rings is 1. The van der Waals surface area contributed by atoms with Crippen LogP contribution in [0.2, 0.25) is 0 Å². The monoisotopic (exact) mass is 264 g/mol. The van der Waals surface area contributed by atoms with Crippen molar-refractivity contribution in [1.29, 1.82) is 0 Å². The predicted molar refractivity (Wildman–Crippen MR) is 56.1 cm³/mol. The third-order valence-electron chi connectivity index (χ3n) is 2.05. The van der Waals surface area contributed by atoms with Gasteiger partial charge in [0.05, 0.1) is 13.7 Å². The minimum atomic E-state index is -4.73. The SMILES string of the molecule is COC(=O)c1cccnc1NCC(O)C(F)(F)F. The van der Waals surface area contributed by atoms with Gasteiger partial charge < -0.3 is 15.2 Å². The van der Waals surface area contributed by atoms with E-state index in [4.69, 9.17) is 5.11 Å². The van der Waals surface area contributed by atoms with E-state index in [9.17, 15) is 18.0 Å². The number of hydrogen-bond acceptors (Lipinski definition) is 5. The van der Waals surface area contributed by atoms with Crippen LogP contribution in [0.15, 0.2) is 18.3 Å². The molecule has 1 atom stereocenters. The van der Waals surface area contributed by atoms with Crippen molar-refractivity contribution in [2.45, 2.75) is 12.3 Å². The van der Waals surface area contributed by atoms with Gasteiger partial charge in [-0.3, -0.25) is 0 Å². The predicted octanol–water partition coefficient (Wildman–Crippen LogP) is 1.20. The van der Waals surface area contributed by atoms with Gasteiger partial charge in [-0.2, -0.15) is 13.2 Å². The highest BCUT2D eigenvalue weighted by atomic mass is 19.4. The van der Waals surface area contributed by atoms with Crippen LogP contribution in [-0.2, 0) is 4.74 Å². The maximum absolute atomic E-state index is 12.1. The summed E-state index contributed by atoms with van der Waals surface area (Å²) in [4.78, 5) is 15.0. The van der Waals surface area contributed by atoms with Crippen LogP contribution in [-0.4, -0.2) is 42.0 Å². The molecule has 100 valence electrons. The Kier molecular flexibility index (Phi) is 4.49. The summed E-state index contributed by atoms with van der Waals surface area (Å²) in [5.74, 6) is -0.806. The van der Waals surface area contributed by atoms with Crippen LogP contribution in [0.1, 0.15) is 10.4 Å². The molecule has 1 unspecified atom stereocenters. The van der Waals surface area contributed by atoms with Crippen molar-refractivity contribution in [2.24, 2.45) is 0 Å². The second kappa shape index (κ2) is 5.67. The van der Waals surface area contributed by atoms with Crippen molar-refractivity contribution in [3.63, 3.8) is 0 Å². The molecule has 18 heavy (non-hydrogen) atoms. The standard InChI is InChI=1S/C10H11F3N2O3/c1-18-9(17)6-3-2-4-14-8(6)15-5-7(16)10(11,12)13/h2-4,7,16H,5H2,1H3,(H,14,15). The van der Waals surface area contributed by atoms with Gasteiger partial charge in [0.2, 0.25) is 0 Å². The normalized spacial score (nSPS) is 12.9. The topological polar surface area (TPSA) is 71.5 Å². The summed E-state index contributed by atoms with van der Waals surface area (Å²) < 4.78 is 40.7. The number of aliphatic hydroxyl groups excluding tert-OH is 1. The highest BCUT2D eigenvalue weighted by molar-refractivity contribution is 5.94. The van der Waals surface area contributed by atoms with Crippen LogP contribution in [0.3, 0.4) is 0 Å². The minimum Gasteiger partial charge on any atom is -0.465 e. The number of methoxy groups -OCH3 is 1. The molecule has 0 saturated heterocycles. The number of nitrogens with zero attached hydrogens (tertiary/aromatic N) is 1. The fourth-order valence-corrected chi connectivity index (χ4v) is 1.13. The lowest BCUT2D eigenvalue weighted by Crippen LogP contribution is -2.35. The Morgan fingerprint density at radius 1 is 1.61 bits per heavy atom. The largest absolute Gasteiger partial charge is 0.465 e. The summed E-state index contributed by atoms with van der Waals surface area (Å²) in [5.41, 5.74) is -0.00521. The van der Waals surface area contributed by atoms with Gasteiger partial charge in [-0.15, -0.1) is 0 Å². The molecule has 1 aromatic heterocycles. The number of aliphatic hydroxyl groups is 1. The fraction of sp³-hybridized carbons (Fsp3) is 0.400. The lowest BCUT2D eigenvalue weighted by molar-refractivity contribution is -0.198. The number of halogens is 3. The van der Waals surface area contributed by atoms with Crippen molar-refractivity contribution in [3.05, 3.63) is 23.9 Å². The zero-order chi connectivity index (χ0) is 13.8. The van der Waals surface area contributed by atoms with Gasteiger partial charge in [0, 0.05) is 6.20 Å². The molecule has 8 heteroatoms. The first-order valence-corrected chi connectivity index (χ1v) is 4.88. The van der Waals surface area contributed by atoms with Gasteiger partial charge >= 0.3 is 12.1 Å². The van der Waals surface area contributed by atoms with Crippen LogP contribution in [0, 0.1) is 0 Å². The van der Waals surface area contributed by atoms with Crippen molar-refractivity contribution in [3.8, 4) is 0 Å². The molecule has 0 aliphatic rings. The fourth-order valence-electron chi connectivity index (χ4n) is 1.13. The van der Waals surface area contributed by atoms with Crippen molar-refractivity contribution in [2.75, 3.05) is 19.0 Å². The number of aromatic nitrogens is 1. The van der Waals surface area contributed by atoms with Crippen LogP contribution in [0.5, 0.6) is 0 Å². The Morgan fingerprint density at radius 2 is 2.28 bits per heavy atom.